The van der Waals surface area contributed by atoms with E-state index in [-0.39, 0.29) is 33.2 Å². The molecular weight excluding hydrogens is 474 g/mol. The monoisotopic (exact) mass is 490 g/mol. The second kappa shape index (κ2) is 8.25. The van der Waals surface area contributed by atoms with Crippen LogP contribution < -0.4 is 10.2 Å². The normalized spacial score (nSPS) is 13.6. The number of ether oxygens (including phenoxy) is 1. The lowest BCUT2D eigenvalue weighted by Gasteiger charge is -2.17. The van der Waals surface area contributed by atoms with E-state index in [0.29, 0.717) is 18.2 Å². The highest BCUT2D eigenvalue weighted by Gasteiger charge is 2.36. The van der Waals surface area contributed by atoms with Gasteiger partial charge in [-0.1, -0.05) is 0 Å². The summed E-state index contributed by atoms with van der Waals surface area (Å²) in [4.78, 5) is 14.7. The number of nitrogens with one attached hydrogen (secondary N) is 2. The summed E-state index contributed by atoms with van der Waals surface area (Å²) in [6.45, 7) is 2.45. The molecule has 0 saturated heterocycles. The van der Waals surface area contributed by atoms with E-state index in [1.54, 1.807) is 0 Å². The molecule has 1 atom stereocenters. The van der Waals surface area contributed by atoms with Crippen LogP contribution in [0.5, 0.6) is 11.5 Å². The molecule has 2 aromatic carbocycles. The van der Waals surface area contributed by atoms with Crippen molar-refractivity contribution in [2.45, 2.75) is 24.9 Å². The largest absolute Gasteiger partial charge is 0.456 e. The van der Waals surface area contributed by atoms with Crippen LogP contribution in [-0.2, 0) is 15.9 Å². The minimum Gasteiger partial charge on any atom is -0.456 e. The third kappa shape index (κ3) is 4.75. The first-order chi connectivity index (χ1) is 15.1. The van der Waals surface area contributed by atoms with Crippen LogP contribution in [0.1, 0.15) is 16.8 Å². The SMILES string of the molecule is Cc1[nH]c(-c2cc(F)c(C(F)(F)F)cc2Oc2ccc(F)c(F)c2C)cc(=O)c1[S@@](C)(=N)=O. The van der Waals surface area contributed by atoms with E-state index in [4.69, 9.17) is 9.52 Å². The maximum absolute atomic E-state index is 14.4. The number of aromatic amines is 1. The summed E-state index contributed by atoms with van der Waals surface area (Å²) in [7, 11) is -3.45. The predicted molar refractivity (Wildman–Crippen MR) is 108 cm³/mol. The molecule has 0 aliphatic heterocycles. The van der Waals surface area contributed by atoms with E-state index in [1.165, 1.54) is 6.92 Å². The Hall–Kier alpha value is -3.28. The molecular formula is C21H16F6N2O3S. The Kier molecular flexibility index (Phi) is 6.09. The van der Waals surface area contributed by atoms with Crippen molar-refractivity contribution in [3.8, 4) is 22.8 Å². The Morgan fingerprint density at radius 2 is 1.64 bits per heavy atom. The summed E-state index contributed by atoms with van der Waals surface area (Å²) < 4.78 is 107. The lowest BCUT2D eigenvalue weighted by molar-refractivity contribution is -0.140. The van der Waals surface area contributed by atoms with Gasteiger partial charge < -0.3 is 9.72 Å². The molecule has 0 amide bonds. The third-order valence-corrected chi connectivity index (χ3v) is 6.01. The van der Waals surface area contributed by atoms with Gasteiger partial charge in [0.05, 0.1) is 21.0 Å². The maximum atomic E-state index is 14.4. The van der Waals surface area contributed by atoms with Crippen LogP contribution in [0.15, 0.2) is 40.0 Å². The van der Waals surface area contributed by atoms with Crippen LogP contribution >= 0.6 is 0 Å². The van der Waals surface area contributed by atoms with Gasteiger partial charge in [0.2, 0.25) is 0 Å². The van der Waals surface area contributed by atoms with Gasteiger partial charge in [-0.05, 0) is 38.1 Å². The van der Waals surface area contributed by atoms with E-state index >= 15 is 0 Å². The van der Waals surface area contributed by atoms with Crippen molar-refractivity contribution in [1.82, 2.24) is 4.98 Å². The van der Waals surface area contributed by atoms with Crippen molar-refractivity contribution in [3.05, 3.63) is 74.8 Å². The first-order valence-electron chi connectivity index (χ1n) is 9.12. The van der Waals surface area contributed by atoms with E-state index in [1.807, 2.05) is 0 Å². The van der Waals surface area contributed by atoms with Crippen LogP contribution in [0.3, 0.4) is 0 Å². The number of alkyl halides is 3. The highest BCUT2D eigenvalue weighted by atomic mass is 32.2. The average Bonchev–Trinajstić information content (AvgIpc) is 2.66. The molecule has 1 heterocycles. The first-order valence-corrected chi connectivity index (χ1v) is 11.1. The zero-order valence-corrected chi connectivity index (χ0v) is 18.1. The minimum atomic E-state index is -5.10. The molecule has 2 N–H and O–H groups in total. The molecule has 0 aliphatic rings. The molecule has 0 fully saturated rings. The molecule has 0 aliphatic carbocycles. The van der Waals surface area contributed by atoms with E-state index in [2.05, 4.69) is 4.98 Å². The highest BCUT2D eigenvalue weighted by molar-refractivity contribution is 7.91. The molecule has 176 valence electrons. The Morgan fingerprint density at radius 1 is 1.00 bits per heavy atom. The topological polar surface area (TPSA) is 83.0 Å². The van der Waals surface area contributed by atoms with Crippen molar-refractivity contribution < 1.29 is 35.3 Å². The minimum absolute atomic E-state index is 0.0183. The maximum Gasteiger partial charge on any atom is 0.419 e. The first kappa shape index (κ1) is 24.4. The quantitative estimate of drug-likeness (QED) is 0.445. The number of rotatable bonds is 4. The standard InChI is InChI=1S/C21H16F6N2O3S/c1-9-17(5-4-13(22)19(9)24)32-18-7-12(21(25,26)27)14(23)6-11(18)15-8-16(30)20(10(2)29-15)33(3,28)31/h4-8,28H,1-3H3,(H,29,30)/t33-/m0/s1. The zero-order chi connectivity index (χ0) is 24.9. The average molecular weight is 490 g/mol. The summed E-state index contributed by atoms with van der Waals surface area (Å²) in [6.07, 6.45) is -4.08. The van der Waals surface area contributed by atoms with Gasteiger partial charge in [-0.2, -0.15) is 13.2 Å². The molecule has 0 spiro atoms. The van der Waals surface area contributed by atoms with Crippen molar-refractivity contribution in [1.29, 1.82) is 4.78 Å². The van der Waals surface area contributed by atoms with Crippen LogP contribution in [0.4, 0.5) is 26.3 Å². The number of pyridine rings is 1. The fraction of sp³-hybridized carbons (Fsp3) is 0.190. The number of aryl methyl sites for hydroxylation is 1. The van der Waals surface area contributed by atoms with Gasteiger partial charge in [0.25, 0.3) is 0 Å². The molecule has 12 heteroatoms. The molecule has 0 bridgehead atoms. The summed E-state index contributed by atoms with van der Waals surface area (Å²) in [5.74, 6) is -5.11. The van der Waals surface area contributed by atoms with Crippen LogP contribution in [-0.4, -0.2) is 15.4 Å². The fourth-order valence-corrected chi connectivity index (χ4v) is 4.31. The predicted octanol–water partition coefficient (Wildman–Crippen LogP) is 5.92. The lowest BCUT2D eigenvalue weighted by atomic mass is 10.0. The smallest absolute Gasteiger partial charge is 0.419 e. The zero-order valence-electron chi connectivity index (χ0n) is 17.3. The summed E-state index contributed by atoms with van der Waals surface area (Å²) in [5, 5.41) is 0. The fourth-order valence-electron chi connectivity index (χ4n) is 3.23. The number of hydrogen-bond donors (Lipinski definition) is 2. The van der Waals surface area contributed by atoms with Crippen LogP contribution in [0.2, 0.25) is 0 Å². The van der Waals surface area contributed by atoms with Gasteiger partial charge in [-0.3, -0.25) is 4.79 Å². The van der Waals surface area contributed by atoms with Gasteiger partial charge in [-0.15, -0.1) is 0 Å². The molecule has 3 rings (SSSR count). The Morgan fingerprint density at radius 3 is 2.18 bits per heavy atom. The second-order valence-corrected chi connectivity index (χ2v) is 9.35. The van der Waals surface area contributed by atoms with E-state index in [9.17, 15) is 35.3 Å². The van der Waals surface area contributed by atoms with Crippen LogP contribution in [0, 0.1) is 36.1 Å². The van der Waals surface area contributed by atoms with Gasteiger partial charge in [0.1, 0.15) is 22.2 Å². The number of aromatic nitrogens is 1. The van der Waals surface area contributed by atoms with Crippen molar-refractivity contribution in [2.24, 2.45) is 0 Å². The van der Waals surface area contributed by atoms with Crippen molar-refractivity contribution in [2.75, 3.05) is 6.26 Å². The summed E-state index contributed by atoms with van der Waals surface area (Å²) in [6, 6.07) is 3.34. The third-order valence-electron chi connectivity index (χ3n) is 4.73. The lowest BCUT2D eigenvalue weighted by Crippen LogP contribution is -2.16. The van der Waals surface area contributed by atoms with E-state index in [0.717, 1.165) is 25.3 Å². The molecule has 1 aromatic heterocycles. The Balaban J connectivity index is 2.30. The van der Waals surface area contributed by atoms with Gasteiger partial charge in [0.15, 0.2) is 17.1 Å². The molecule has 5 nitrogen and oxygen atoms in total. The number of halogens is 6. The van der Waals surface area contributed by atoms with Crippen molar-refractivity contribution in [3.63, 3.8) is 0 Å². The molecule has 3 aromatic rings. The molecule has 33 heavy (non-hydrogen) atoms. The molecule has 0 unspecified atom stereocenters. The second-order valence-electron chi connectivity index (χ2n) is 7.26. The van der Waals surface area contributed by atoms with Gasteiger partial charge in [0, 0.05) is 29.1 Å². The van der Waals surface area contributed by atoms with Gasteiger partial charge in [-0.25, -0.2) is 22.2 Å². The Bertz CT molecular complexity index is 1430. The number of hydrogen-bond acceptors (Lipinski definition) is 4. The summed E-state index contributed by atoms with van der Waals surface area (Å²) in [5.41, 5.74) is -3.45. The van der Waals surface area contributed by atoms with Crippen molar-refractivity contribution >= 4 is 9.73 Å². The van der Waals surface area contributed by atoms with E-state index < -0.39 is 50.1 Å². The molecule has 0 radical (unpaired) electrons. The van der Waals surface area contributed by atoms with Crippen LogP contribution in [0.25, 0.3) is 11.3 Å². The van der Waals surface area contributed by atoms with Gasteiger partial charge >= 0.3 is 6.18 Å². The summed E-state index contributed by atoms with van der Waals surface area (Å²) >= 11 is 0. The molecule has 0 saturated carbocycles. The number of benzene rings is 2. The number of H-pyrrole nitrogens is 1. The highest BCUT2D eigenvalue weighted by Crippen LogP contribution is 2.41. The Labute approximate surface area is 184 Å².